The Labute approximate surface area is 185 Å². The van der Waals surface area contributed by atoms with E-state index in [0.29, 0.717) is 33.4 Å². The van der Waals surface area contributed by atoms with E-state index in [2.05, 4.69) is 54.5 Å². The molecule has 1 nitrogen and oxygen atoms in total. The van der Waals surface area contributed by atoms with Gasteiger partial charge in [-0.25, -0.2) is 0 Å². The molecule has 0 heterocycles. The molecule has 0 unspecified atom stereocenters. The molecule has 4 saturated carbocycles. The van der Waals surface area contributed by atoms with Gasteiger partial charge in [0.15, 0.2) is 0 Å². The van der Waals surface area contributed by atoms with Crippen LogP contribution in [0.3, 0.4) is 0 Å². The minimum Gasteiger partial charge on any atom is -0.299 e. The van der Waals surface area contributed by atoms with Crippen LogP contribution in [-0.2, 0) is 4.79 Å². The van der Waals surface area contributed by atoms with E-state index >= 15 is 0 Å². The zero-order valence-electron chi connectivity index (χ0n) is 20.9. The van der Waals surface area contributed by atoms with E-state index in [1.807, 2.05) is 5.57 Å². The van der Waals surface area contributed by atoms with Crippen molar-refractivity contribution in [2.45, 2.75) is 113 Å². The molecule has 5 aliphatic rings. The Balaban J connectivity index is 1.56. The van der Waals surface area contributed by atoms with Gasteiger partial charge in [0.1, 0.15) is 5.78 Å². The smallest absolute Gasteiger partial charge is 0.138 e. The molecule has 0 amide bonds. The first-order chi connectivity index (χ1) is 13.9. The summed E-state index contributed by atoms with van der Waals surface area (Å²) in [7, 11) is 0. The first-order valence-corrected chi connectivity index (χ1v) is 13.1. The average molecular weight is 411 g/mol. The van der Waals surface area contributed by atoms with Crippen molar-refractivity contribution in [1.29, 1.82) is 0 Å². The fraction of sp³-hybridized carbons (Fsp3) is 0.897. The molecule has 0 aliphatic heterocycles. The summed E-state index contributed by atoms with van der Waals surface area (Å²) < 4.78 is 0. The lowest BCUT2D eigenvalue weighted by Crippen LogP contribution is -2.63. The normalized spacial score (nSPS) is 51.7. The van der Waals surface area contributed by atoms with E-state index in [0.717, 1.165) is 30.6 Å². The molecular weight excluding hydrogens is 364 g/mol. The molecule has 0 aromatic carbocycles. The third-order valence-electron chi connectivity index (χ3n) is 12.2. The topological polar surface area (TPSA) is 17.1 Å². The highest BCUT2D eigenvalue weighted by atomic mass is 16.1. The molecule has 0 aromatic heterocycles. The zero-order valence-corrected chi connectivity index (χ0v) is 20.9. The van der Waals surface area contributed by atoms with Crippen LogP contribution in [0.4, 0.5) is 0 Å². The second kappa shape index (κ2) is 6.26. The Morgan fingerprint density at radius 3 is 2.27 bits per heavy atom. The number of carbonyl (C=O) groups is 1. The number of rotatable bonds is 0. The molecule has 7 atom stereocenters. The van der Waals surface area contributed by atoms with Crippen LogP contribution in [0.2, 0.25) is 0 Å². The lowest BCUT2D eigenvalue weighted by molar-refractivity contribution is -0.181. The van der Waals surface area contributed by atoms with Gasteiger partial charge in [0.2, 0.25) is 0 Å². The lowest BCUT2D eigenvalue weighted by Gasteiger charge is -2.69. The highest BCUT2D eigenvalue weighted by Crippen LogP contribution is 2.74. The van der Waals surface area contributed by atoms with Gasteiger partial charge < -0.3 is 0 Å². The van der Waals surface area contributed by atoms with Crippen molar-refractivity contribution in [3.8, 4) is 0 Å². The molecule has 5 rings (SSSR count). The van der Waals surface area contributed by atoms with Crippen molar-refractivity contribution < 1.29 is 4.79 Å². The molecule has 30 heavy (non-hydrogen) atoms. The van der Waals surface area contributed by atoms with Crippen LogP contribution >= 0.6 is 0 Å². The Bertz CT molecular complexity index is 786. The van der Waals surface area contributed by atoms with Gasteiger partial charge in [-0.3, -0.25) is 4.79 Å². The monoisotopic (exact) mass is 410 g/mol. The Morgan fingerprint density at radius 2 is 1.53 bits per heavy atom. The van der Waals surface area contributed by atoms with Gasteiger partial charge in [-0.2, -0.15) is 0 Å². The second-order valence-electron chi connectivity index (χ2n) is 14.3. The molecular formula is C29H46O. The van der Waals surface area contributed by atoms with Crippen molar-refractivity contribution in [2.24, 2.45) is 50.7 Å². The van der Waals surface area contributed by atoms with Crippen molar-refractivity contribution >= 4 is 5.78 Å². The highest BCUT2D eigenvalue weighted by molar-refractivity contribution is 5.85. The first-order valence-electron chi connectivity index (χ1n) is 13.1. The fourth-order valence-electron chi connectivity index (χ4n) is 10.2. The van der Waals surface area contributed by atoms with E-state index in [-0.39, 0.29) is 5.41 Å². The molecule has 1 heteroatoms. The van der Waals surface area contributed by atoms with E-state index in [1.54, 1.807) is 0 Å². The number of hydrogen-bond acceptors (Lipinski definition) is 1. The van der Waals surface area contributed by atoms with Gasteiger partial charge in [-0.15, -0.1) is 0 Å². The van der Waals surface area contributed by atoms with Crippen LogP contribution in [0.15, 0.2) is 11.6 Å². The third kappa shape index (κ3) is 2.56. The molecule has 0 N–H and O–H groups in total. The first kappa shape index (κ1) is 21.3. The summed E-state index contributed by atoms with van der Waals surface area (Å²) in [5, 5.41) is 0. The summed E-state index contributed by atoms with van der Waals surface area (Å²) >= 11 is 0. The number of Topliss-reactive ketones (excluding diaryl/α,β-unsaturated/α-hetero) is 1. The standard InChI is InChI=1S/C29H46O/c1-25(2)14-10-19-11-16-28(6)21(20(19)18-25)8-9-23-27(5)15-13-24(30)26(3,4)22(27)12-17-29(23,28)7/h8,19-20,22-23H,9-18H2,1-7H3/t19-,20-,22+,23+,27+,28-,29-/m1/s1. The largest absolute Gasteiger partial charge is 0.299 e. The van der Waals surface area contributed by atoms with Crippen LogP contribution in [0.5, 0.6) is 0 Å². The molecule has 4 fully saturated rings. The molecule has 0 spiro atoms. The third-order valence-corrected chi connectivity index (χ3v) is 12.2. The minimum absolute atomic E-state index is 0.135. The maximum atomic E-state index is 12.9. The predicted octanol–water partition coefficient (Wildman–Crippen LogP) is 7.99. The number of ketones is 1. The number of carbonyl (C=O) groups excluding carboxylic acids is 1. The summed E-state index contributed by atoms with van der Waals surface area (Å²) in [6.45, 7) is 17.5. The van der Waals surface area contributed by atoms with Crippen LogP contribution in [0.25, 0.3) is 0 Å². The van der Waals surface area contributed by atoms with Crippen LogP contribution in [-0.4, -0.2) is 5.78 Å². The van der Waals surface area contributed by atoms with Crippen molar-refractivity contribution in [3.05, 3.63) is 11.6 Å². The number of allylic oxidation sites excluding steroid dienone is 2. The van der Waals surface area contributed by atoms with Gasteiger partial charge >= 0.3 is 0 Å². The molecule has 168 valence electrons. The van der Waals surface area contributed by atoms with Gasteiger partial charge in [-0.1, -0.05) is 60.1 Å². The molecule has 0 radical (unpaired) electrons. The van der Waals surface area contributed by atoms with Gasteiger partial charge in [0.05, 0.1) is 0 Å². The van der Waals surface area contributed by atoms with E-state index in [9.17, 15) is 4.79 Å². The van der Waals surface area contributed by atoms with Crippen LogP contribution < -0.4 is 0 Å². The van der Waals surface area contributed by atoms with E-state index < -0.39 is 0 Å². The Morgan fingerprint density at radius 1 is 0.833 bits per heavy atom. The quantitative estimate of drug-likeness (QED) is 0.370. The molecule has 5 aliphatic carbocycles. The average Bonchev–Trinajstić information content (AvgIpc) is 2.65. The zero-order chi connectivity index (χ0) is 21.7. The van der Waals surface area contributed by atoms with E-state index in [1.165, 1.54) is 51.4 Å². The summed E-state index contributed by atoms with van der Waals surface area (Å²) in [4.78, 5) is 12.9. The summed E-state index contributed by atoms with van der Waals surface area (Å²) in [6.07, 6.45) is 15.6. The van der Waals surface area contributed by atoms with E-state index in [4.69, 9.17) is 0 Å². The molecule has 0 bridgehead atoms. The van der Waals surface area contributed by atoms with Crippen molar-refractivity contribution in [2.75, 3.05) is 0 Å². The predicted molar refractivity (Wildman–Crippen MR) is 125 cm³/mol. The summed E-state index contributed by atoms with van der Waals surface area (Å²) in [5.41, 5.74) is 3.33. The molecule has 0 aromatic rings. The second-order valence-corrected chi connectivity index (χ2v) is 14.3. The number of hydrogen-bond donors (Lipinski definition) is 0. The Hall–Kier alpha value is -0.590. The number of fused-ring (bicyclic) bond motifs is 7. The summed E-state index contributed by atoms with van der Waals surface area (Å²) in [6, 6.07) is 0. The van der Waals surface area contributed by atoms with Crippen molar-refractivity contribution in [3.63, 3.8) is 0 Å². The van der Waals surface area contributed by atoms with Crippen molar-refractivity contribution in [1.82, 2.24) is 0 Å². The Kier molecular flexibility index (Phi) is 4.43. The van der Waals surface area contributed by atoms with Gasteiger partial charge in [0, 0.05) is 11.8 Å². The fourth-order valence-corrected chi connectivity index (χ4v) is 10.2. The maximum absolute atomic E-state index is 12.9. The van der Waals surface area contributed by atoms with Gasteiger partial charge in [0.25, 0.3) is 0 Å². The summed E-state index contributed by atoms with van der Waals surface area (Å²) in [5.74, 6) is 3.60. The minimum atomic E-state index is -0.135. The maximum Gasteiger partial charge on any atom is 0.138 e. The lowest BCUT2D eigenvalue weighted by atomic mass is 9.34. The highest BCUT2D eigenvalue weighted by Gasteiger charge is 2.66. The molecule has 0 saturated heterocycles. The SMILES string of the molecule is CC1(C)CC[C@@H]2CC[C@]3(C)C(=CC[C@H]4[C@@]5(C)CCC(=O)C(C)(C)[C@@H]5CC[C@]43C)[C@@H]2C1. The van der Waals surface area contributed by atoms with Crippen LogP contribution in [0, 0.1) is 50.7 Å². The van der Waals surface area contributed by atoms with Crippen LogP contribution in [0.1, 0.15) is 113 Å². The van der Waals surface area contributed by atoms with Gasteiger partial charge in [-0.05, 0) is 103 Å².